The molecule has 0 unspecified atom stereocenters. The van der Waals surface area contributed by atoms with Gasteiger partial charge in [0.15, 0.2) is 0 Å². The zero-order chi connectivity index (χ0) is 22.2. The van der Waals surface area contributed by atoms with Gasteiger partial charge in [-0.15, -0.1) is 0 Å². The molecule has 4 rings (SSSR count). The molecule has 174 valence electrons. The molecular formula is C32H46. The normalized spacial score (nSPS) is 33.6. The first kappa shape index (κ1) is 23.7. The molecule has 32 heavy (non-hydrogen) atoms. The van der Waals surface area contributed by atoms with E-state index < -0.39 is 0 Å². The van der Waals surface area contributed by atoms with E-state index in [9.17, 15) is 0 Å². The Hall–Kier alpha value is -1.48. The molecular weight excluding hydrogens is 384 g/mol. The van der Waals surface area contributed by atoms with E-state index >= 15 is 0 Å². The van der Waals surface area contributed by atoms with Gasteiger partial charge in [-0.2, -0.15) is 0 Å². The lowest BCUT2D eigenvalue weighted by atomic mass is 9.69. The van der Waals surface area contributed by atoms with E-state index in [4.69, 9.17) is 0 Å². The number of hydrogen-bond donors (Lipinski definition) is 0. The maximum Gasteiger partial charge on any atom is 0.0249 e. The number of hydrogen-bond acceptors (Lipinski definition) is 0. The zero-order valence-corrected chi connectivity index (χ0v) is 20.8. The van der Waals surface area contributed by atoms with Gasteiger partial charge in [0.1, 0.15) is 0 Å². The summed E-state index contributed by atoms with van der Waals surface area (Å²) < 4.78 is 0. The molecule has 1 aromatic carbocycles. The average Bonchev–Trinajstić information content (AvgIpc) is 2.84. The van der Waals surface area contributed by atoms with Crippen LogP contribution in [0.4, 0.5) is 0 Å². The number of allylic oxidation sites excluding steroid dienone is 2. The number of benzene rings is 1. The van der Waals surface area contributed by atoms with Crippen molar-refractivity contribution in [1.29, 1.82) is 0 Å². The first-order chi connectivity index (χ1) is 15.7. The lowest BCUT2D eigenvalue weighted by Gasteiger charge is -2.36. The standard InChI is InChI=1S/C32H46/c1-3-6-26-11-19-31(20-12-26)32-23-15-28(16-24-32)8-5-4-7-27-13-21-30(22-14-27)29-17-9-25(2)10-18-29/h4,7,15-16,23-27,29-31H,3,6,9-14,17-22H2,1-2H3/b7-4+. The van der Waals surface area contributed by atoms with Crippen LogP contribution >= 0.6 is 0 Å². The fraction of sp³-hybridized carbons (Fsp3) is 0.688. The summed E-state index contributed by atoms with van der Waals surface area (Å²) in [4.78, 5) is 0. The van der Waals surface area contributed by atoms with E-state index in [1.807, 2.05) is 0 Å². The van der Waals surface area contributed by atoms with Crippen molar-refractivity contribution in [3.05, 3.63) is 47.5 Å². The lowest BCUT2D eigenvalue weighted by Crippen LogP contribution is -2.24. The molecule has 0 N–H and O–H groups in total. The summed E-state index contributed by atoms with van der Waals surface area (Å²) in [5, 5.41) is 0. The molecule has 0 saturated heterocycles. The van der Waals surface area contributed by atoms with Gasteiger partial charge in [0.25, 0.3) is 0 Å². The van der Waals surface area contributed by atoms with Gasteiger partial charge in [-0.1, -0.05) is 69.6 Å². The molecule has 0 aliphatic heterocycles. The third-order valence-electron chi connectivity index (χ3n) is 9.14. The van der Waals surface area contributed by atoms with E-state index in [-0.39, 0.29) is 0 Å². The Labute approximate surface area is 198 Å². The van der Waals surface area contributed by atoms with Crippen molar-refractivity contribution in [3.63, 3.8) is 0 Å². The fourth-order valence-electron chi connectivity index (χ4n) is 6.91. The fourth-order valence-corrected chi connectivity index (χ4v) is 6.91. The summed E-state index contributed by atoms with van der Waals surface area (Å²) >= 11 is 0. The summed E-state index contributed by atoms with van der Waals surface area (Å²) in [5.41, 5.74) is 2.69. The molecule has 0 nitrogen and oxygen atoms in total. The second-order valence-electron chi connectivity index (χ2n) is 11.5. The van der Waals surface area contributed by atoms with Gasteiger partial charge >= 0.3 is 0 Å². The average molecular weight is 431 g/mol. The van der Waals surface area contributed by atoms with Crippen LogP contribution in [0.25, 0.3) is 0 Å². The van der Waals surface area contributed by atoms with Crippen LogP contribution in [0.3, 0.4) is 0 Å². The summed E-state index contributed by atoms with van der Waals surface area (Å²) in [5.74, 6) is 12.2. The monoisotopic (exact) mass is 430 g/mol. The Kier molecular flexibility index (Phi) is 8.96. The van der Waals surface area contributed by atoms with Crippen LogP contribution in [0, 0.1) is 41.4 Å². The topological polar surface area (TPSA) is 0 Å². The first-order valence-electron chi connectivity index (χ1n) is 14.0. The molecule has 3 saturated carbocycles. The predicted molar refractivity (Wildman–Crippen MR) is 139 cm³/mol. The highest BCUT2D eigenvalue weighted by Gasteiger charge is 2.29. The molecule has 0 radical (unpaired) electrons. The Balaban J connectivity index is 1.19. The molecule has 3 fully saturated rings. The van der Waals surface area contributed by atoms with Gasteiger partial charge < -0.3 is 0 Å². The van der Waals surface area contributed by atoms with Crippen molar-refractivity contribution >= 4 is 0 Å². The van der Waals surface area contributed by atoms with Crippen molar-refractivity contribution in [2.75, 3.05) is 0 Å². The van der Waals surface area contributed by atoms with E-state index in [2.05, 4.69) is 62.1 Å². The minimum absolute atomic E-state index is 0.758. The maximum absolute atomic E-state index is 3.37. The molecule has 0 amide bonds. The highest BCUT2D eigenvalue weighted by Crippen LogP contribution is 2.41. The number of rotatable bonds is 5. The van der Waals surface area contributed by atoms with Gasteiger partial charge in [0.05, 0.1) is 0 Å². The van der Waals surface area contributed by atoms with Crippen LogP contribution in [0.2, 0.25) is 0 Å². The smallest absolute Gasteiger partial charge is 0.0249 e. The Bertz CT molecular complexity index is 748. The van der Waals surface area contributed by atoms with E-state index in [1.54, 1.807) is 0 Å². The molecule has 0 spiro atoms. The maximum atomic E-state index is 3.37. The lowest BCUT2D eigenvalue weighted by molar-refractivity contribution is 0.160. The molecule has 0 heteroatoms. The van der Waals surface area contributed by atoms with Crippen LogP contribution < -0.4 is 0 Å². The minimum Gasteiger partial charge on any atom is -0.0730 e. The van der Waals surface area contributed by atoms with Gasteiger partial charge in [0, 0.05) is 5.56 Å². The van der Waals surface area contributed by atoms with Gasteiger partial charge in [-0.05, 0) is 123 Å². The highest BCUT2D eigenvalue weighted by molar-refractivity contribution is 5.39. The first-order valence-corrected chi connectivity index (χ1v) is 14.0. The van der Waals surface area contributed by atoms with Gasteiger partial charge in [-0.3, -0.25) is 0 Å². The van der Waals surface area contributed by atoms with Gasteiger partial charge in [-0.25, -0.2) is 0 Å². The summed E-state index contributed by atoms with van der Waals surface area (Å²) in [7, 11) is 0. The molecule has 0 heterocycles. The summed E-state index contributed by atoms with van der Waals surface area (Å²) in [6.45, 7) is 4.76. The third-order valence-corrected chi connectivity index (χ3v) is 9.14. The summed E-state index contributed by atoms with van der Waals surface area (Å²) in [6.07, 6.45) is 24.5. The van der Waals surface area contributed by atoms with Gasteiger partial charge in [0.2, 0.25) is 0 Å². The van der Waals surface area contributed by atoms with Crippen LogP contribution in [0.1, 0.15) is 121 Å². The second-order valence-corrected chi connectivity index (χ2v) is 11.5. The minimum atomic E-state index is 0.758. The van der Waals surface area contributed by atoms with Crippen LogP contribution in [-0.4, -0.2) is 0 Å². The van der Waals surface area contributed by atoms with Crippen LogP contribution in [-0.2, 0) is 0 Å². The molecule has 3 aliphatic carbocycles. The Morgan fingerprint density at radius 3 is 2.03 bits per heavy atom. The Morgan fingerprint density at radius 2 is 1.41 bits per heavy atom. The van der Waals surface area contributed by atoms with Crippen molar-refractivity contribution in [3.8, 4) is 11.8 Å². The van der Waals surface area contributed by atoms with E-state index in [1.165, 1.54) is 95.5 Å². The van der Waals surface area contributed by atoms with Crippen molar-refractivity contribution < 1.29 is 0 Å². The van der Waals surface area contributed by atoms with Crippen molar-refractivity contribution in [2.24, 2.45) is 29.6 Å². The van der Waals surface area contributed by atoms with Crippen molar-refractivity contribution in [1.82, 2.24) is 0 Å². The van der Waals surface area contributed by atoms with E-state index in [0.29, 0.717) is 0 Å². The largest absolute Gasteiger partial charge is 0.0730 e. The molecule has 3 aliphatic rings. The van der Waals surface area contributed by atoms with Crippen molar-refractivity contribution in [2.45, 2.75) is 110 Å². The van der Waals surface area contributed by atoms with Crippen LogP contribution in [0.5, 0.6) is 0 Å². The third kappa shape index (κ3) is 6.76. The molecule has 0 aromatic heterocycles. The quantitative estimate of drug-likeness (QED) is 0.408. The second kappa shape index (κ2) is 12.1. The molecule has 0 atom stereocenters. The molecule has 1 aromatic rings. The zero-order valence-electron chi connectivity index (χ0n) is 20.8. The summed E-state index contributed by atoms with van der Waals surface area (Å²) in [6, 6.07) is 9.16. The predicted octanol–water partition coefficient (Wildman–Crippen LogP) is 9.30. The molecule has 0 bridgehead atoms. The van der Waals surface area contributed by atoms with E-state index in [0.717, 1.165) is 41.1 Å². The highest BCUT2D eigenvalue weighted by atomic mass is 14.3. The van der Waals surface area contributed by atoms with Crippen LogP contribution in [0.15, 0.2) is 36.4 Å². The SMILES string of the molecule is CCCC1CCC(c2ccc(C#C/C=C/C3CCC(C4CCC(C)CC4)CC3)cc2)CC1. The Morgan fingerprint density at radius 1 is 0.781 bits per heavy atom.